The number of hydrogen-bond acceptors (Lipinski definition) is 4. The highest BCUT2D eigenvalue weighted by atomic mass is 16.5. The number of carbonyl (C=O) groups is 1. The van der Waals surface area contributed by atoms with E-state index in [0.717, 1.165) is 29.8 Å². The summed E-state index contributed by atoms with van der Waals surface area (Å²) in [5.41, 5.74) is 3.33. The van der Waals surface area contributed by atoms with Gasteiger partial charge in [0, 0.05) is 30.8 Å². The van der Waals surface area contributed by atoms with Gasteiger partial charge in [-0.2, -0.15) is 0 Å². The Labute approximate surface area is 150 Å². The molecule has 0 aliphatic heterocycles. The van der Waals surface area contributed by atoms with Crippen LogP contribution in [0.1, 0.15) is 57.6 Å². The van der Waals surface area contributed by atoms with Crippen LogP contribution in [0.5, 0.6) is 0 Å². The number of unbranched alkanes of at least 4 members (excludes halogenated alkanes) is 1. The van der Waals surface area contributed by atoms with Crippen LogP contribution in [0.2, 0.25) is 0 Å². The highest BCUT2D eigenvalue weighted by Gasteiger charge is 2.10. The van der Waals surface area contributed by atoms with E-state index >= 15 is 0 Å². The molecule has 1 aromatic carbocycles. The van der Waals surface area contributed by atoms with Gasteiger partial charge in [-0.15, -0.1) is 0 Å². The number of aryl methyl sites for hydroxylation is 1. The molecule has 2 rings (SSSR count). The van der Waals surface area contributed by atoms with E-state index in [1.165, 1.54) is 18.4 Å². The normalized spacial score (nSPS) is 12.0. The average molecular weight is 340 g/mol. The fourth-order valence-electron chi connectivity index (χ4n) is 2.66. The van der Waals surface area contributed by atoms with Gasteiger partial charge in [0.2, 0.25) is 0 Å². The van der Waals surface area contributed by atoms with E-state index in [1.807, 2.05) is 50.5 Å². The summed E-state index contributed by atoms with van der Waals surface area (Å²) in [5.74, 6) is 0.623. The predicted molar refractivity (Wildman–Crippen MR) is 100 cm³/mol. The molecule has 0 fully saturated rings. The van der Waals surface area contributed by atoms with Crippen LogP contribution in [-0.2, 0) is 22.4 Å². The van der Waals surface area contributed by atoms with Crippen LogP contribution in [0.3, 0.4) is 0 Å². The van der Waals surface area contributed by atoms with Gasteiger partial charge in [-0.25, -0.2) is 9.97 Å². The van der Waals surface area contributed by atoms with Crippen LogP contribution < -0.4 is 0 Å². The molecule has 0 amide bonds. The first-order chi connectivity index (χ1) is 12.1. The van der Waals surface area contributed by atoms with Crippen molar-refractivity contribution in [3.8, 4) is 11.4 Å². The van der Waals surface area contributed by atoms with Crippen molar-refractivity contribution < 1.29 is 9.53 Å². The summed E-state index contributed by atoms with van der Waals surface area (Å²) in [5, 5.41) is 0. The molecule has 0 spiro atoms. The maximum atomic E-state index is 11.5. The first kappa shape index (κ1) is 19.1. The molecule has 4 nitrogen and oxygen atoms in total. The van der Waals surface area contributed by atoms with E-state index in [4.69, 9.17) is 4.74 Å². The maximum absolute atomic E-state index is 11.5. The molecule has 0 saturated carbocycles. The standard InChI is InChI=1S/C21H28N2O2/c1-4-6-8-18-14-22-21(23-15-18)19-11-9-17(10-12-19)13-16(3)25-20(24)7-5-2/h9-12,14-16H,4-8,13H2,1-3H3. The number of aromatic nitrogens is 2. The lowest BCUT2D eigenvalue weighted by molar-refractivity contribution is -0.148. The van der Waals surface area contributed by atoms with E-state index < -0.39 is 0 Å². The number of rotatable bonds is 9. The Kier molecular flexibility index (Phi) is 7.58. The van der Waals surface area contributed by atoms with Crippen LogP contribution in [0.4, 0.5) is 0 Å². The Bertz CT molecular complexity index is 651. The number of esters is 1. The molecule has 1 heterocycles. The second kappa shape index (κ2) is 9.92. The quantitative estimate of drug-likeness (QED) is 0.618. The van der Waals surface area contributed by atoms with Crippen molar-refractivity contribution in [1.82, 2.24) is 9.97 Å². The van der Waals surface area contributed by atoms with Crippen LogP contribution in [0.25, 0.3) is 11.4 Å². The summed E-state index contributed by atoms with van der Waals surface area (Å²) in [6.07, 6.45) is 9.11. The Morgan fingerprint density at radius 2 is 1.72 bits per heavy atom. The molecule has 25 heavy (non-hydrogen) atoms. The monoisotopic (exact) mass is 340 g/mol. The van der Waals surface area contributed by atoms with Gasteiger partial charge in [0.25, 0.3) is 0 Å². The summed E-state index contributed by atoms with van der Waals surface area (Å²) in [7, 11) is 0. The third-order valence-electron chi connectivity index (χ3n) is 4.05. The van der Waals surface area contributed by atoms with Crippen LogP contribution in [0, 0.1) is 0 Å². The SMILES string of the molecule is CCCCc1cnc(-c2ccc(CC(C)OC(=O)CCC)cc2)nc1. The Morgan fingerprint density at radius 1 is 1.04 bits per heavy atom. The summed E-state index contributed by atoms with van der Waals surface area (Å²) < 4.78 is 5.39. The Hall–Kier alpha value is -2.23. The molecular weight excluding hydrogens is 312 g/mol. The van der Waals surface area contributed by atoms with Gasteiger partial charge in [0.05, 0.1) is 0 Å². The summed E-state index contributed by atoms with van der Waals surface area (Å²) in [6.45, 7) is 6.09. The molecule has 0 aliphatic rings. The minimum absolute atomic E-state index is 0.112. The van der Waals surface area contributed by atoms with Crippen molar-refractivity contribution in [3.05, 3.63) is 47.8 Å². The van der Waals surface area contributed by atoms with Gasteiger partial charge >= 0.3 is 5.97 Å². The molecule has 0 aliphatic carbocycles. The van der Waals surface area contributed by atoms with E-state index in [0.29, 0.717) is 12.8 Å². The van der Waals surface area contributed by atoms with Crippen molar-refractivity contribution in [2.45, 2.75) is 65.4 Å². The molecule has 2 aromatic rings. The average Bonchev–Trinajstić information content (AvgIpc) is 2.61. The second-order valence-electron chi connectivity index (χ2n) is 6.47. The van der Waals surface area contributed by atoms with Gasteiger partial charge in [0.1, 0.15) is 6.10 Å². The van der Waals surface area contributed by atoms with Crippen molar-refractivity contribution in [3.63, 3.8) is 0 Å². The topological polar surface area (TPSA) is 52.1 Å². The van der Waals surface area contributed by atoms with E-state index in [9.17, 15) is 4.79 Å². The van der Waals surface area contributed by atoms with Gasteiger partial charge in [-0.1, -0.05) is 44.5 Å². The fourth-order valence-corrected chi connectivity index (χ4v) is 2.66. The minimum atomic E-state index is -0.122. The zero-order valence-corrected chi connectivity index (χ0v) is 15.5. The third kappa shape index (κ3) is 6.29. The number of nitrogens with zero attached hydrogens (tertiary/aromatic N) is 2. The summed E-state index contributed by atoms with van der Waals surface area (Å²) >= 11 is 0. The van der Waals surface area contributed by atoms with Crippen molar-refractivity contribution in [2.24, 2.45) is 0 Å². The summed E-state index contributed by atoms with van der Waals surface area (Å²) in [4.78, 5) is 20.5. The zero-order valence-electron chi connectivity index (χ0n) is 15.5. The number of carbonyl (C=O) groups excluding carboxylic acids is 1. The molecular formula is C21H28N2O2. The smallest absolute Gasteiger partial charge is 0.306 e. The lowest BCUT2D eigenvalue weighted by Crippen LogP contribution is -2.16. The van der Waals surface area contributed by atoms with E-state index in [-0.39, 0.29) is 12.1 Å². The molecule has 4 heteroatoms. The molecule has 1 unspecified atom stereocenters. The molecule has 0 saturated heterocycles. The second-order valence-corrected chi connectivity index (χ2v) is 6.47. The zero-order chi connectivity index (χ0) is 18.1. The highest BCUT2D eigenvalue weighted by Crippen LogP contribution is 2.17. The molecule has 0 radical (unpaired) electrons. The lowest BCUT2D eigenvalue weighted by atomic mass is 10.1. The number of hydrogen-bond donors (Lipinski definition) is 0. The fraction of sp³-hybridized carbons (Fsp3) is 0.476. The molecule has 0 N–H and O–H groups in total. The number of ether oxygens (including phenoxy) is 1. The van der Waals surface area contributed by atoms with Gasteiger partial charge in [-0.05, 0) is 37.3 Å². The summed E-state index contributed by atoms with van der Waals surface area (Å²) in [6, 6.07) is 8.15. The van der Waals surface area contributed by atoms with Crippen molar-refractivity contribution in [2.75, 3.05) is 0 Å². The van der Waals surface area contributed by atoms with Crippen molar-refractivity contribution >= 4 is 5.97 Å². The van der Waals surface area contributed by atoms with Crippen LogP contribution in [-0.4, -0.2) is 22.0 Å². The van der Waals surface area contributed by atoms with Crippen LogP contribution >= 0.6 is 0 Å². The maximum Gasteiger partial charge on any atom is 0.306 e. The predicted octanol–water partition coefficient (Wildman–Crippen LogP) is 4.76. The largest absolute Gasteiger partial charge is 0.462 e. The number of benzene rings is 1. The first-order valence-corrected chi connectivity index (χ1v) is 9.22. The van der Waals surface area contributed by atoms with E-state index in [2.05, 4.69) is 16.9 Å². The first-order valence-electron chi connectivity index (χ1n) is 9.22. The van der Waals surface area contributed by atoms with E-state index in [1.54, 1.807) is 0 Å². The van der Waals surface area contributed by atoms with Crippen molar-refractivity contribution in [1.29, 1.82) is 0 Å². The van der Waals surface area contributed by atoms with Crippen LogP contribution in [0.15, 0.2) is 36.7 Å². The molecule has 1 atom stereocenters. The van der Waals surface area contributed by atoms with Gasteiger partial charge in [-0.3, -0.25) is 4.79 Å². The Balaban J connectivity index is 1.94. The molecule has 0 bridgehead atoms. The van der Waals surface area contributed by atoms with Gasteiger partial charge in [0.15, 0.2) is 5.82 Å². The molecule has 134 valence electrons. The third-order valence-corrected chi connectivity index (χ3v) is 4.05. The minimum Gasteiger partial charge on any atom is -0.462 e. The molecule has 1 aromatic heterocycles. The van der Waals surface area contributed by atoms with Gasteiger partial charge < -0.3 is 4.74 Å². The Morgan fingerprint density at radius 3 is 2.32 bits per heavy atom. The highest BCUT2D eigenvalue weighted by molar-refractivity contribution is 5.69. The lowest BCUT2D eigenvalue weighted by Gasteiger charge is -2.13.